The smallest absolute Gasteiger partial charge is 0.228 e. The van der Waals surface area contributed by atoms with Crippen molar-refractivity contribution in [3.8, 4) is 0 Å². The maximum atomic E-state index is 13.3. The number of rotatable bonds is 6. The number of fused-ring (bicyclic) bond motifs is 2. The average Bonchev–Trinajstić information content (AvgIpc) is 3.51. The van der Waals surface area contributed by atoms with Gasteiger partial charge in [-0.3, -0.25) is 4.79 Å². The lowest BCUT2D eigenvalue weighted by Gasteiger charge is -2.25. The third-order valence-electron chi connectivity index (χ3n) is 6.13. The zero-order valence-electron chi connectivity index (χ0n) is 17.2. The molecule has 154 valence electrons. The minimum atomic E-state index is -0.0531. The Hall–Kier alpha value is -3.12. The van der Waals surface area contributed by atoms with Crippen LogP contribution in [0.25, 0.3) is 21.9 Å². The van der Waals surface area contributed by atoms with Crippen molar-refractivity contribution in [3.05, 3.63) is 66.1 Å². The Morgan fingerprint density at radius 2 is 2.07 bits per heavy atom. The Bertz CT molecular complexity index is 1190. The van der Waals surface area contributed by atoms with Crippen LogP contribution in [0.5, 0.6) is 0 Å². The third-order valence-corrected chi connectivity index (χ3v) is 6.13. The van der Waals surface area contributed by atoms with Gasteiger partial charge in [0.1, 0.15) is 5.82 Å². The van der Waals surface area contributed by atoms with Gasteiger partial charge in [-0.05, 0) is 36.6 Å². The Kier molecular flexibility index (Phi) is 5.01. The van der Waals surface area contributed by atoms with E-state index in [9.17, 15) is 4.79 Å². The molecule has 2 aromatic carbocycles. The van der Waals surface area contributed by atoms with Crippen LogP contribution in [-0.4, -0.2) is 45.1 Å². The van der Waals surface area contributed by atoms with Crippen LogP contribution in [0, 0.1) is 5.92 Å². The number of ether oxygens (including phenoxy) is 1. The van der Waals surface area contributed by atoms with Gasteiger partial charge in [0.15, 0.2) is 0 Å². The number of aryl methyl sites for hydroxylation is 1. The van der Waals surface area contributed by atoms with Crippen molar-refractivity contribution in [2.45, 2.75) is 19.4 Å². The first-order valence-corrected chi connectivity index (χ1v) is 10.5. The van der Waals surface area contributed by atoms with Crippen LogP contribution in [-0.2, 0) is 29.5 Å². The summed E-state index contributed by atoms with van der Waals surface area (Å²) in [7, 11) is 2.02. The summed E-state index contributed by atoms with van der Waals surface area (Å²) in [5.41, 5.74) is 4.41. The Morgan fingerprint density at radius 3 is 2.90 bits per heavy atom. The van der Waals surface area contributed by atoms with Gasteiger partial charge >= 0.3 is 0 Å². The predicted octanol–water partition coefficient (Wildman–Crippen LogP) is 3.66. The SMILES string of the molecule is Cn1c(CN(CCc2c[nH]c3ccccc23)C(=O)[C@@H]2CCOC2)nc2ccccc21. The average molecular weight is 402 g/mol. The predicted molar refractivity (Wildman–Crippen MR) is 117 cm³/mol. The van der Waals surface area contributed by atoms with Crippen LogP contribution in [0.2, 0.25) is 0 Å². The molecule has 0 aliphatic carbocycles. The molecule has 6 heteroatoms. The minimum Gasteiger partial charge on any atom is -0.381 e. The highest BCUT2D eigenvalue weighted by Crippen LogP contribution is 2.22. The molecular formula is C24H26N4O2. The Labute approximate surface area is 175 Å². The number of nitrogens with zero attached hydrogens (tertiary/aromatic N) is 3. The summed E-state index contributed by atoms with van der Waals surface area (Å²) in [6, 6.07) is 16.4. The molecule has 1 aliphatic rings. The van der Waals surface area contributed by atoms with Crippen LogP contribution in [0.3, 0.4) is 0 Å². The number of nitrogens with one attached hydrogen (secondary N) is 1. The van der Waals surface area contributed by atoms with Gasteiger partial charge in [-0.25, -0.2) is 4.98 Å². The second-order valence-corrected chi connectivity index (χ2v) is 8.01. The number of aromatic nitrogens is 3. The van der Waals surface area contributed by atoms with E-state index in [1.807, 2.05) is 36.2 Å². The fourth-order valence-corrected chi connectivity index (χ4v) is 4.36. The van der Waals surface area contributed by atoms with E-state index in [1.54, 1.807) is 0 Å². The molecule has 1 amide bonds. The number of hydrogen-bond acceptors (Lipinski definition) is 3. The molecular weight excluding hydrogens is 376 g/mol. The number of benzene rings is 2. The van der Waals surface area contributed by atoms with E-state index in [0.717, 1.165) is 35.2 Å². The molecule has 1 fully saturated rings. The fourth-order valence-electron chi connectivity index (χ4n) is 4.36. The Balaban J connectivity index is 1.41. The summed E-state index contributed by atoms with van der Waals surface area (Å²) >= 11 is 0. The first kappa shape index (κ1) is 18.9. The molecule has 6 nitrogen and oxygen atoms in total. The molecule has 1 aliphatic heterocycles. The van der Waals surface area contributed by atoms with Gasteiger partial charge in [-0.15, -0.1) is 0 Å². The molecule has 1 saturated heterocycles. The van der Waals surface area contributed by atoms with Crippen molar-refractivity contribution in [3.63, 3.8) is 0 Å². The minimum absolute atomic E-state index is 0.0531. The van der Waals surface area contributed by atoms with E-state index in [-0.39, 0.29) is 11.8 Å². The number of aromatic amines is 1. The molecule has 0 unspecified atom stereocenters. The van der Waals surface area contributed by atoms with Crippen molar-refractivity contribution in [1.82, 2.24) is 19.4 Å². The fraction of sp³-hybridized carbons (Fsp3) is 0.333. The molecule has 30 heavy (non-hydrogen) atoms. The van der Waals surface area contributed by atoms with Gasteiger partial charge in [0.2, 0.25) is 5.91 Å². The zero-order chi connectivity index (χ0) is 20.5. The molecule has 5 rings (SSSR count). The largest absolute Gasteiger partial charge is 0.381 e. The lowest BCUT2D eigenvalue weighted by Crippen LogP contribution is -2.38. The van der Waals surface area contributed by atoms with E-state index < -0.39 is 0 Å². The van der Waals surface area contributed by atoms with Gasteiger partial charge in [0.05, 0.1) is 30.1 Å². The molecule has 0 bridgehead atoms. The van der Waals surface area contributed by atoms with Gasteiger partial charge in [0.25, 0.3) is 0 Å². The molecule has 2 aromatic heterocycles. The highest BCUT2D eigenvalue weighted by Gasteiger charge is 2.29. The molecule has 1 N–H and O–H groups in total. The quantitative estimate of drug-likeness (QED) is 0.535. The zero-order valence-corrected chi connectivity index (χ0v) is 17.2. The van der Waals surface area contributed by atoms with Crippen LogP contribution < -0.4 is 0 Å². The van der Waals surface area contributed by atoms with Gasteiger partial charge in [-0.2, -0.15) is 0 Å². The topological polar surface area (TPSA) is 63.2 Å². The monoisotopic (exact) mass is 402 g/mol. The molecule has 0 saturated carbocycles. The number of imidazole rings is 1. The first-order valence-electron chi connectivity index (χ1n) is 10.5. The summed E-state index contributed by atoms with van der Waals surface area (Å²) in [5.74, 6) is 1.02. The standard InChI is InChI=1S/C24H26N4O2/c1-27-22-9-5-4-8-21(22)26-23(27)15-28(24(29)18-11-13-30-16-18)12-10-17-14-25-20-7-3-2-6-19(17)20/h2-9,14,18,25H,10-13,15-16H2,1H3/t18-/m1/s1. The lowest BCUT2D eigenvalue weighted by atomic mass is 10.1. The summed E-state index contributed by atoms with van der Waals surface area (Å²) in [6.07, 6.45) is 3.65. The first-order chi connectivity index (χ1) is 14.7. The normalized spacial score (nSPS) is 16.5. The summed E-state index contributed by atoms with van der Waals surface area (Å²) < 4.78 is 7.57. The van der Waals surface area contributed by atoms with E-state index in [2.05, 4.69) is 40.0 Å². The number of hydrogen-bond donors (Lipinski definition) is 1. The molecule has 0 radical (unpaired) electrons. The lowest BCUT2D eigenvalue weighted by molar-refractivity contribution is -0.136. The number of amides is 1. The van der Waals surface area contributed by atoms with Crippen LogP contribution in [0.1, 0.15) is 17.8 Å². The number of para-hydroxylation sites is 3. The highest BCUT2D eigenvalue weighted by atomic mass is 16.5. The van der Waals surface area contributed by atoms with Crippen LogP contribution in [0.4, 0.5) is 0 Å². The third kappa shape index (κ3) is 3.48. The molecule has 0 spiro atoms. The van der Waals surface area contributed by atoms with Crippen molar-refractivity contribution in [2.75, 3.05) is 19.8 Å². The second-order valence-electron chi connectivity index (χ2n) is 8.01. The van der Waals surface area contributed by atoms with E-state index >= 15 is 0 Å². The van der Waals surface area contributed by atoms with Gasteiger partial charge < -0.3 is 19.2 Å². The summed E-state index contributed by atoms with van der Waals surface area (Å²) in [4.78, 5) is 23.4. The van der Waals surface area contributed by atoms with Crippen molar-refractivity contribution >= 4 is 27.8 Å². The van der Waals surface area contributed by atoms with Crippen LogP contribution in [0.15, 0.2) is 54.7 Å². The molecule has 3 heterocycles. The van der Waals surface area contributed by atoms with Crippen molar-refractivity contribution < 1.29 is 9.53 Å². The van der Waals surface area contributed by atoms with Crippen molar-refractivity contribution in [2.24, 2.45) is 13.0 Å². The van der Waals surface area contributed by atoms with Gasteiger partial charge in [0, 0.05) is 37.3 Å². The summed E-state index contributed by atoms with van der Waals surface area (Å²) in [6.45, 7) is 2.34. The maximum absolute atomic E-state index is 13.3. The van der Waals surface area contributed by atoms with E-state index in [0.29, 0.717) is 26.3 Å². The van der Waals surface area contributed by atoms with Gasteiger partial charge in [-0.1, -0.05) is 30.3 Å². The highest BCUT2D eigenvalue weighted by molar-refractivity contribution is 5.83. The Morgan fingerprint density at radius 1 is 1.23 bits per heavy atom. The maximum Gasteiger partial charge on any atom is 0.228 e. The summed E-state index contributed by atoms with van der Waals surface area (Å²) in [5, 5.41) is 1.22. The number of carbonyl (C=O) groups is 1. The molecule has 4 aromatic rings. The van der Waals surface area contributed by atoms with Crippen molar-refractivity contribution in [1.29, 1.82) is 0 Å². The number of carbonyl (C=O) groups excluding carboxylic acids is 1. The van der Waals surface area contributed by atoms with E-state index in [4.69, 9.17) is 9.72 Å². The van der Waals surface area contributed by atoms with Crippen LogP contribution >= 0.6 is 0 Å². The second kappa shape index (κ2) is 7.95. The van der Waals surface area contributed by atoms with E-state index in [1.165, 1.54) is 10.9 Å². The molecule has 1 atom stereocenters. The number of H-pyrrole nitrogens is 1.